The van der Waals surface area contributed by atoms with E-state index in [2.05, 4.69) is 15.5 Å². The number of rotatable bonds is 4. The number of aromatic nitrogens is 2. The Kier molecular flexibility index (Phi) is 3.54. The first-order valence-electron chi connectivity index (χ1n) is 5.08. The summed E-state index contributed by atoms with van der Waals surface area (Å²) in [5.41, 5.74) is 0. The van der Waals surface area contributed by atoms with Crippen LogP contribution in [0.5, 0.6) is 0 Å². The van der Waals surface area contributed by atoms with Crippen molar-refractivity contribution in [3.05, 3.63) is 29.4 Å². The van der Waals surface area contributed by atoms with Crippen LogP contribution in [-0.4, -0.2) is 28.5 Å². The number of benzene rings is 1. The van der Waals surface area contributed by atoms with Crippen molar-refractivity contribution in [3.8, 4) is 0 Å². The van der Waals surface area contributed by atoms with Crippen LogP contribution in [0.25, 0.3) is 10.8 Å². The minimum absolute atomic E-state index is 0.159. The molecular formula is C11H12ClN3O. The molecule has 16 heavy (non-hydrogen) atoms. The van der Waals surface area contributed by atoms with E-state index in [9.17, 15) is 0 Å². The van der Waals surface area contributed by atoms with Crippen LogP contribution in [0.3, 0.4) is 0 Å². The maximum Gasteiger partial charge on any atom is 0.159 e. The molecule has 0 spiro atoms. The van der Waals surface area contributed by atoms with Crippen LogP contribution in [0.2, 0.25) is 5.15 Å². The molecule has 2 N–H and O–H groups in total. The molecule has 0 fully saturated rings. The summed E-state index contributed by atoms with van der Waals surface area (Å²) in [4.78, 5) is 0. The van der Waals surface area contributed by atoms with Gasteiger partial charge in [0.2, 0.25) is 0 Å². The molecule has 0 amide bonds. The number of hydrogen-bond acceptors (Lipinski definition) is 4. The Bertz CT molecular complexity index is 490. The summed E-state index contributed by atoms with van der Waals surface area (Å²) in [6.45, 7) is 0.822. The van der Waals surface area contributed by atoms with Gasteiger partial charge in [-0.15, -0.1) is 10.2 Å². The Morgan fingerprint density at radius 3 is 2.69 bits per heavy atom. The lowest BCUT2D eigenvalue weighted by Crippen LogP contribution is -2.06. The van der Waals surface area contributed by atoms with Gasteiger partial charge < -0.3 is 10.4 Å². The fourth-order valence-corrected chi connectivity index (χ4v) is 1.69. The minimum Gasteiger partial charge on any atom is -0.396 e. The van der Waals surface area contributed by atoms with E-state index in [0.29, 0.717) is 23.9 Å². The van der Waals surface area contributed by atoms with Crippen LogP contribution < -0.4 is 5.32 Å². The monoisotopic (exact) mass is 237 g/mol. The van der Waals surface area contributed by atoms with Crippen LogP contribution in [0.15, 0.2) is 24.3 Å². The number of halogens is 1. The van der Waals surface area contributed by atoms with Gasteiger partial charge in [-0.1, -0.05) is 35.9 Å². The highest BCUT2D eigenvalue weighted by Crippen LogP contribution is 2.25. The Hall–Kier alpha value is -1.39. The van der Waals surface area contributed by atoms with Crippen LogP contribution in [0.1, 0.15) is 6.42 Å². The number of aliphatic hydroxyl groups excluding tert-OH is 1. The summed E-state index contributed by atoms with van der Waals surface area (Å²) in [5, 5.41) is 21.9. The second kappa shape index (κ2) is 5.09. The van der Waals surface area contributed by atoms with Gasteiger partial charge in [0.15, 0.2) is 11.0 Å². The van der Waals surface area contributed by atoms with Gasteiger partial charge in [0.25, 0.3) is 0 Å². The van der Waals surface area contributed by atoms with Gasteiger partial charge in [-0.05, 0) is 6.42 Å². The van der Waals surface area contributed by atoms with Gasteiger partial charge in [-0.2, -0.15) is 0 Å². The van der Waals surface area contributed by atoms with Crippen molar-refractivity contribution in [3.63, 3.8) is 0 Å². The third-order valence-electron chi connectivity index (χ3n) is 2.27. The summed E-state index contributed by atoms with van der Waals surface area (Å²) >= 11 is 5.95. The molecule has 0 saturated heterocycles. The fraction of sp³-hybridized carbons (Fsp3) is 0.273. The summed E-state index contributed by atoms with van der Waals surface area (Å²) in [6.07, 6.45) is 0.679. The maximum atomic E-state index is 8.70. The topological polar surface area (TPSA) is 58.0 Å². The smallest absolute Gasteiger partial charge is 0.159 e. The molecule has 0 unspecified atom stereocenters. The SMILES string of the molecule is OCCCNc1nnc(Cl)c2ccccc12. The Labute approximate surface area is 98.3 Å². The number of aliphatic hydroxyl groups is 1. The molecule has 84 valence electrons. The molecule has 2 rings (SSSR count). The average Bonchev–Trinajstić information content (AvgIpc) is 2.33. The zero-order chi connectivity index (χ0) is 11.4. The normalized spacial score (nSPS) is 10.6. The fourth-order valence-electron chi connectivity index (χ4n) is 1.49. The molecule has 0 radical (unpaired) electrons. The van der Waals surface area contributed by atoms with Gasteiger partial charge in [0.05, 0.1) is 0 Å². The summed E-state index contributed by atoms with van der Waals surface area (Å²) in [5.74, 6) is 0.702. The lowest BCUT2D eigenvalue weighted by Gasteiger charge is -2.07. The summed E-state index contributed by atoms with van der Waals surface area (Å²) in [6, 6.07) is 7.69. The summed E-state index contributed by atoms with van der Waals surface area (Å²) < 4.78 is 0. The molecule has 1 heterocycles. The molecule has 1 aromatic carbocycles. The van der Waals surface area contributed by atoms with Crippen molar-refractivity contribution < 1.29 is 5.11 Å². The van der Waals surface area contributed by atoms with Crippen molar-refractivity contribution in [2.45, 2.75) is 6.42 Å². The van der Waals surface area contributed by atoms with Crippen molar-refractivity contribution >= 4 is 28.2 Å². The quantitative estimate of drug-likeness (QED) is 0.800. The highest BCUT2D eigenvalue weighted by molar-refractivity contribution is 6.34. The minimum atomic E-state index is 0.159. The van der Waals surface area contributed by atoms with Crippen LogP contribution in [-0.2, 0) is 0 Å². The zero-order valence-corrected chi connectivity index (χ0v) is 9.41. The van der Waals surface area contributed by atoms with Crippen molar-refractivity contribution in [2.75, 3.05) is 18.5 Å². The van der Waals surface area contributed by atoms with E-state index < -0.39 is 0 Å². The zero-order valence-electron chi connectivity index (χ0n) is 8.65. The first kappa shape index (κ1) is 11.1. The van der Waals surface area contributed by atoms with Crippen molar-refractivity contribution in [2.24, 2.45) is 0 Å². The van der Waals surface area contributed by atoms with Crippen molar-refractivity contribution in [1.29, 1.82) is 0 Å². The van der Waals surface area contributed by atoms with E-state index in [0.717, 1.165) is 10.8 Å². The van der Waals surface area contributed by atoms with Crippen LogP contribution in [0, 0.1) is 0 Å². The highest BCUT2D eigenvalue weighted by Gasteiger charge is 2.05. The van der Waals surface area contributed by atoms with Crippen LogP contribution >= 0.6 is 11.6 Å². The molecule has 4 nitrogen and oxygen atoms in total. The third-order valence-corrected chi connectivity index (χ3v) is 2.55. The van der Waals surface area contributed by atoms with E-state index in [1.807, 2.05) is 24.3 Å². The second-order valence-corrected chi connectivity index (χ2v) is 3.75. The largest absolute Gasteiger partial charge is 0.396 e. The summed E-state index contributed by atoms with van der Waals surface area (Å²) in [7, 11) is 0. The van der Waals surface area contributed by atoms with E-state index >= 15 is 0 Å². The third kappa shape index (κ3) is 2.23. The maximum absolute atomic E-state index is 8.70. The van der Waals surface area contributed by atoms with Gasteiger partial charge in [0.1, 0.15) is 0 Å². The predicted molar refractivity (Wildman–Crippen MR) is 64.7 cm³/mol. The first-order chi connectivity index (χ1) is 7.83. The standard InChI is InChI=1S/C11H12ClN3O/c12-10-8-4-1-2-5-9(8)11(15-14-10)13-6-3-7-16/h1-2,4-5,16H,3,6-7H2,(H,13,15). The van der Waals surface area contributed by atoms with Gasteiger partial charge >= 0.3 is 0 Å². The van der Waals surface area contributed by atoms with Gasteiger partial charge in [-0.3, -0.25) is 0 Å². The number of nitrogens with one attached hydrogen (secondary N) is 1. The molecule has 1 aromatic heterocycles. The molecule has 0 aliphatic rings. The predicted octanol–water partition coefficient (Wildman–Crippen LogP) is 2.08. The lowest BCUT2D eigenvalue weighted by atomic mass is 10.2. The number of nitrogens with zero attached hydrogens (tertiary/aromatic N) is 2. The number of hydrogen-bond donors (Lipinski definition) is 2. The Morgan fingerprint density at radius 1 is 1.19 bits per heavy atom. The lowest BCUT2D eigenvalue weighted by molar-refractivity contribution is 0.292. The Morgan fingerprint density at radius 2 is 1.94 bits per heavy atom. The number of fused-ring (bicyclic) bond motifs is 1. The van der Waals surface area contributed by atoms with Gasteiger partial charge in [0, 0.05) is 23.9 Å². The first-order valence-corrected chi connectivity index (χ1v) is 5.46. The second-order valence-electron chi connectivity index (χ2n) is 3.39. The van der Waals surface area contributed by atoms with E-state index in [1.165, 1.54) is 0 Å². The van der Waals surface area contributed by atoms with Crippen molar-refractivity contribution in [1.82, 2.24) is 10.2 Å². The van der Waals surface area contributed by atoms with E-state index in [-0.39, 0.29) is 6.61 Å². The van der Waals surface area contributed by atoms with E-state index in [4.69, 9.17) is 16.7 Å². The molecule has 0 aliphatic heterocycles. The van der Waals surface area contributed by atoms with Crippen LogP contribution in [0.4, 0.5) is 5.82 Å². The molecular weight excluding hydrogens is 226 g/mol. The number of anilines is 1. The molecule has 2 aromatic rings. The average molecular weight is 238 g/mol. The highest BCUT2D eigenvalue weighted by atomic mass is 35.5. The Balaban J connectivity index is 2.35. The molecule has 0 bridgehead atoms. The molecule has 0 atom stereocenters. The molecule has 5 heteroatoms. The molecule has 0 saturated carbocycles. The molecule has 0 aliphatic carbocycles. The van der Waals surface area contributed by atoms with Gasteiger partial charge in [-0.25, -0.2) is 0 Å². The van der Waals surface area contributed by atoms with E-state index in [1.54, 1.807) is 0 Å².